The van der Waals surface area contributed by atoms with Crippen LogP contribution >= 0.6 is 0 Å². The van der Waals surface area contributed by atoms with Gasteiger partial charge in [0.1, 0.15) is 6.61 Å². The molecule has 3 rings (SSSR count). The van der Waals surface area contributed by atoms with Gasteiger partial charge in [0.25, 0.3) is 0 Å². The van der Waals surface area contributed by atoms with E-state index < -0.39 is 0 Å². The second-order valence-electron chi connectivity index (χ2n) is 7.32. The van der Waals surface area contributed by atoms with Gasteiger partial charge in [-0.15, -0.1) is 0 Å². The molecule has 1 atom stereocenters. The Morgan fingerprint density at radius 3 is 2.76 bits per heavy atom. The monoisotopic (exact) mass is 339 g/mol. The summed E-state index contributed by atoms with van der Waals surface area (Å²) in [5, 5.41) is 4.32. The van der Waals surface area contributed by atoms with Crippen LogP contribution < -0.4 is 10.5 Å². The third-order valence-electron chi connectivity index (χ3n) is 4.03. The van der Waals surface area contributed by atoms with Crippen LogP contribution in [-0.2, 0) is 0 Å². The molecule has 2 N–H and O–H groups in total. The largest absolute Gasteiger partial charge is 0.476 e. The molecule has 0 aromatic carbocycles. The molecule has 0 spiro atoms. The minimum atomic E-state index is -0.368. The smallest absolute Gasteiger partial charge is 0.216 e. The van der Waals surface area contributed by atoms with Crippen molar-refractivity contribution >= 4 is 5.65 Å². The number of aryl methyl sites for hydroxylation is 1. The predicted octanol–water partition coefficient (Wildman–Crippen LogP) is 3.24. The Bertz CT molecular complexity index is 869. The highest BCUT2D eigenvalue weighted by Gasteiger charge is 2.21. The molecule has 3 aromatic rings. The maximum absolute atomic E-state index is 6.32. The summed E-state index contributed by atoms with van der Waals surface area (Å²) in [7, 11) is 0. The Labute approximate surface area is 148 Å². The van der Waals surface area contributed by atoms with E-state index in [0.717, 1.165) is 28.9 Å². The zero-order valence-corrected chi connectivity index (χ0v) is 15.2. The van der Waals surface area contributed by atoms with Gasteiger partial charge >= 0.3 is 0 Å². The Morgan fingerprint density at radius 2 is 2.04 bits per heavy atom. The minimum absolute atomic E-state index is 0.368. The highest BCUT2D eigenvalue weighted by molar-refractivity contribution is 5.62. The topological polar surface area (TPSA) is 78.3 Å². The lowest BCUT2D eigenvalue weighted by Crippen LogP contribution is -2.43. The van der Waals surface area contributed by atoms with Crippen molar-refractivity contribution < 1.29 is 4.74 Å². The molecule has 0 bridgehead atoms. The number of fused-ring (bicyclic) bond motifs is 1. The first-order chi connectivity index (χ1) is 11.9. The van der Waals surface area contributed by atoms with Gasteiger partial charge in [0.15, 0.2) is 5.65 Å². The van der Waals surface area contributed by atoms with Crippen molar-refractivity contribution in [1.82, 2.24) is 19.6 Å². The Kier molecular flexibility index (Phi) is 4.72. The lowest BCUT2D eigenvalue weighted by molar-refractivity contribution is 0.199. The molecule has 0 fully saturated rings. The van der Waals surface area contributed by atoms with E-state index in [1.54, 1.807) is 23.1 Å². The number of nitrogens with two attached hydrogens (primary N) is 1. The molecule has 0 amide bonds. The lowest BCUT2D eigenvalue weighted by Gasteiger charge is -2.26. The van der Waals surface area contributed by atoms with Crippen molar-refractivity contribution in [2.24, 2.45) is 11.7 Å². The molecule has 0 aliphatic rings. The van der Waals surface area contributed by atoms with Gasteiger partial charge in [-0.25, -0.2) is 14.5 Å². The standard InChI is InChI=1S/C19H25N5O/c1-13(2)10-19(4,20)12-25-18-14(3)9-15(11-22-18)16-5-7-21-17-6-8-23-24(16)17/h5-9,11,13H,10,12,20H2,1-4H3/t19-/m0/s1. The second-order valence-corrected chi connectivity index (χ2v) is 7.32. The summed E-state index contributed by atoms with van der Waals surface area (Å²) in [4.78, 5) is 8.78. The summed E-state index contributed by atoms with van der Waals surface area (Å²) >= 11 is 0. The van der Waals surface area contributed by atoms with Crippen molar-refractivity contribution in [2.75, 3.05) is 6.61 Å². The molecule has 132 valence electrons. The fourth-order valence-electron chi connectivity index (χ4n) is 3.13. The fourth-order valence-corrected chi connectivity index (χ4v) is 3.13. The summed E-state index contributed by atoms with van der Waals surface area (Å²) in [6.07, 6.45) is 6.21. The first kappa shape index (κ1) is 17.4. The molecule has 0 radical (unpaired) electrons. The van der Waals surface area contributed by atoms with Crippen molar-refractivity contribution in [1.29, 1.82) is 0 Å². The molecule has 6 nitrogen and oxygen atoms in total. The van der Waals surface area contributed by atoms with E-state index in [2.05, 4.69) is 35.0 Å². The van der Waals surface area contributed by atoms with E-state index in [-0.39, 0.29) is 5.54 Å². The van der Waals surface area contributed by atoms with E-state index in [4.69, 9.17) is 10.5 Å². The van der Waals surface area contributed by atoms with Gasteiger partial charge in [0.2, 0.25) is 5.88 Å². The van der Waals surface area contributed by atoms with Crippen molar-refractivity contribution in [3.8, 4) is 17.1 Å². The third-order valence-corrected chi connectivity index (χ3v) is 4.03. The molecule has 25 heavy (non-hydrogen) atoms. The van der Waals surface area contributed by atoms with Gasteiger partial charge in [-0.3, -0.25) is 0 Å². The minimum Gasteiger partial charge on any atom is -0.476 e. The van der Waals surface area contributed by atoms with E-state index in [1.807, 2.05) is 26.0 Å². The van der Waals surface area contributed by atoms with E-state index in [9.17, 15) is 0 Å². The fraction of sp³-hybridized carbons (Fsp3) is 0.421. The van der Waals surface area contributed by atoms with E-state index >= 15 is 0 Å². The molecular weight excluding hydrogens is 314 g/mol. The van der Waals surface area contributed by atoms with Crippen molar-refractivity contribution in [2.45, 2.75) is 39.7 Å². The molecule has 0 aliphatic heterocycles. The summed E-state index contributed by atoms with van der Waals surface area (Å²) < 4.78 is 7.70. The van der Waals surface area contributed by atoms with Crippen molar-refractivity contribution in [3.63, 3.8) is 0 Å². The molecule has 3 aromatic heterocycles. The maximum Gasteiger partial charge on any atom is 0.216 e. The number of rotatable bonds is 6. The van der Waals surface area contributed by atoms with Gasteiger partial charge in [-0.05, 0) is 38.3 Å². The number of hydrogen-bond donors (Lipinski definition) is 1. The van der Waals surface area contributed by atoms with E-state index in [1.165, 1.54) is 0 Å². The molecular formula is C19H25N5O. The van der Waals surface area contributed by atoms with Crippen LogP contribution in [0.4, 0.5) is 0 Å². The summed E-state index contributed by atoms with van der Waals surface area (Å²) in [6.45, 7) is 8.77. The summed E-state index contributed by atoms with van der Waals surface area (Å²) in [5.74, 6) is 1.15. The molecule has 0 saturated heterocycles. The van der Waals surface area contributed by atoms with Gasteiger partial charge in [0, 0.05) is 35.1 Å². The number of ether oxygens (including phenoxy) is 1. The van der Waals surface area contributed by atoms with Crippen molar-refractivity contribution in [3.05, 3.63) is 42.4 Å². The Morgan fingerprint density at radius 1 is 1.24 bits per heavy atom. The van der Waals surface area contributed by atoms with Crippen LogP contribution in [0.25, 0.3) is 16.9 Å². The molecule has 0 aliphatic carbocycles. The summed E-state index contributed by atoms with van der Waals surface area (Å²) in [6, 6.07) is 5.85. The van der Waals surface area contributed by atoms with Crippen LogP contribution in [0.3, 0.4) is 0 Å². The van der Waals surface area contributed by atoms with Gasteiger partial charge in [-0.1, -0.05) is 13.8 Å². The van der Waals surface area contributed by atoms with Crippen LogP contribution in [0.15, 0.2) is 36.8 Å². The van der Waals surface area contributed by atoms with Crippen LogP contribution in [0.1, 0.15) is 32.8 Å². The lowest BCUT2D eigenvalue weighted by atomic mass is 9.93. The van der Waals surface area contributed by atoms with E-state index in [0.29, 0.717) is 18.4 Å². The van der Waals surface area contributed by atoms with Gasteiger partial charge in [0.05, 0.1) is 11.9 Å². The second kappa shape index (κ2) is 6.80. The van der Waals surface area contributed by atoms with Gasteiger partial charge in [-0.2, -0.15) is 5.10 Å². The summed E-state index contributed by atoms with van der Waals surface area (Å²) in [5.41, 5.74) is 9.64. The zero-order chi connectivity index (χ0) is 18.0. The normalized spacial score (nSPS) is 14.0. The average Bonchev–Trinajstić information content (AvgIpc) is 3.01. The maximum atomic E-state index is 6.32. The number of aromatic nitrogens is 4. The van der Waals surface area contributed by atoms with Crippen LogP contribution in [0.2, 0.25) is 0 Å². The number of hydrogen-bond acceptors (Lipinski definition) is 5. The number of nitrogens with zero attached hydrogens (tertiary/aromatic N) is 4. The highest BCUT2D eigenvalue weighted by atomic mass is 16.5. The quantitative estimate of drug-likeness (QED) is 0.746. The highest BCUT2D eigenvalue weighted by Crippen LogP contribution is 2.25. The van der Waals surface area contributed by atoms with Gasteiger partial charge < -0.3 is 10.5 Å². The van der Waals surface area contributed by atoms with Crippen LogP contribution in [0, 0.1) is 12.8 Å². The Hall–Kier alpha value is -2.47. The van der Waals surface area contributed by atoms with Crippen LogP contribution in [0.5, 0.6) is 5.88 Å². The first-order valence-corrected chi connectivity index (χ1v) is 8.53. The Balaban J connectivity index is 1.81. The zero-order valence-electron chi connectivity index (χ0n) is 15.2. The number of pyridine rings is 1. The third kappa shape index (κ3) is 3.96. The average molecular weight is 339 g/mol. The predicted molar refractivity (Wildman–Crippen MR) is 98.5 cm³/mol. The molecule has 6 heteroatoms. The molecule has 0 unspecified atom stereocenters. The molecule has 3 heterocycles. The SMILES string of the molecule is Cc1cc(-c2ccnc3ccnn23)cnc1OC[C@@](C)(N)CC(C)C. The molecule has 0 saturated carbocycles. The first-order valence-electron chi connectivity index (χ1n) is 8.53. The van der Waals surface area contributed by atoms with Crippen LogP contribution in [-0.4, -0.2) is 31.7 Å².